The predicted octanol–water partition coefficient (Wildman–Crippen LogP) is 1.02. The van der Waals surface area contributed by atoms with Crippen LogP contribution in [0.5, 0.6) is 0 Å². The van der Waals surface area contributed by atoms with Gasteiger partial charge in [0.2, 0.25) is 0 Å². The van der Waals surface area contributed by atoms with Crippen LogP contribution >= 0.6 is 0 Å². The summed E-state index contributed by atoms with van der Waals surface area (Å²) in [4.78, 5) is 15.7. The Balaban J connectivity index is 1.85. The molecule has 5 nitrogen and oxygen atoms in total. The second kappa shape index (κ2) is 6.41. The molecule has 0 aromatic rings. The molecule has 1 atom stereocenters. The largest absolute Gasteiger partial charge is 0.481 e. The fourth-order valence-electron chi connectivity index (χ4n) is 3.57. The van der Waals surface area contributed by atoms with Crippen LogP contribution in [0.25, 0.3) is 0 Å². The number of carboxylic acid groups (broad SMARTS) is 1. The lowest BCUT2D eigenvalue weighted by Gasteiger charge is -2.44. The lowest BCUT2D eigenvalue weighted by molar-refractivity contribution is -0.145. The maximum absolute atomic E-state index is 11.0. The summed E-state index contributed by atoms with van der Waals surface area (Å²) in [5.41, 5.74) is -0.680. The van der Waals surface area contributed by atoms with Crippen molar-refractivity contribution in [3.63, 3.8) is 0 Å². The van der Waals surface area contributed by atoms with Gasteiger partial charge < -0.3 is 15.1 Å². The highest BCUT2D eigenvalue weighted by Gasteiger charge is 2.38. The van der Waals surface area contributed by atoms with Gasteiger partial charge in [-0.15, -0.1) is 0 Å². The van der Waals surface area contributed by atoms with Crippen LogP contribution in [0.15, 0.2) is 0 Å². The first kappa shape index (κ1) is 15.7. The zero-order chi connectivity index (χ0) is 14.8. The molecule has 2 rings (SSSR count). The van der Waals surface area contributed by atoms with Gasteiger partial charge in [0, 0.05) is 32.2 Å². The maximum Gasteiger partial charge on any atom is 0.306 e. The number of carboxylic acids is 1. The van der Waals surface area contributed by atoms with Crippen LogP contribution in [0.2, 0.25) is 0 Å². The number of likely N-dealkylation sites (N-methyl/N-ethyl adjacent to an activating group) is 1. The lowest BCUT2D eigenvalue weighted by Crippen LogP contribution is -2.55. The van der Waals surface area contributed by atoms with Crippen LogP contribution in [0.1, 0.15) is 39.0 Å². The van der Waals surface area contributed by atoms with Crippen molar-refractivity contribution < 1.29 is 15.0 Å². The normalized spacial score (nSPS) is 37.0. The van der Waals surface area contributed by atoms with Gasteiger partial charge in [0.25, 0.3) is 0 Å². The molecule has 116 valence electrons. The van der Waals surface area contributed by atoms with Gasteiger partial charge in [-0.05, 0) is 39.2 Å². The summed E-state index contributed by atoms with van der Waals surface area (Å²) >= 11 is 0. The number of piperazine rings is 1. The van der Waals surface area contributed by atoms with Crippen LogP contribution in [0.3, 0.4) is 0 Å². The highest BCUT2D eigenvalue weighted by Crippen LogP contribution is 2.33. The molecule has 0 aromatic carbocycles. The molecule has 1 saturated heterocycles. The number of nitrogens with zero attached hydrogens (tertiary/aromatic N) is 2. The van der Waals surface area contributed by atoms with Crippen molar-refractivity contribution in [3.8, 4) is 0 Å². The van der Waals surface area contributed by atoms with Crippen LogP contribution < -0.4 is 0 Å². The van der Waals surface area contributed by atoms with E-state index in [9.17, 15) is 9.90 Å². The minimum atomic E-state index is -0.710. The van der Waals surface area contributed by atoms with Gasteiger partial charge in [-0.25, -0.2) is 0 Å². The quantitative estimate of drug-likeness (QED) is 0.807. The molecule has 1 unspecified atom stereocenters. The average Bonchev–Trinajstić information content (AvgIpc) is 2.41. The summed E-state index contributed by atoms with van der Waals surface area (Å²) in [7, 11) is 2.16. The standard InChI is InChI=1S/C15H28N2O3/c1-3-13-10-17(9-8-16(13)2)11-15(20)6-4-12(5-7-15)14(18)19/h12-13,20H,3-11H2,1-2H3,(H,18,19). The van der Waals surface area contributed by atoms with Crippen LogP contribution in [-0.4, -0.2) is 70.9 Å². The summed E-state index contributed by atoms with van der Waals surface area (Å²) in [6, 6.07) is 0.572. The Morgan fingerprint density at radius 2 is 1.95 bits per heavy atom. The lowest BCUT2D eigenvalue weighted by atomic mass is 9.78. The highest BCUT2D eigenvalue weighted by atomic mass is 16.4. The molecule has 2 N–H and O–H groups in total. The molecule has 1 heterocycles. The molecule has 2 aliphatic rings. The van der Waals surface area contributed by atoms with Gasteiger partial charge in [0.05, 0.1) is 11.5 Å². The van der Waals surface area contributed by atoms with Crippen molar-refractivity contribution in [2.75, 3.05) is 33.2 Å². The zero-order valence-corrected chi connectivity index (χ0v) is 12.7. The van der Waals surface area contributed by atoms with E-state index in [1.165, 1.54) is 0 Å². The first-order chi connectivity index (χ1) is 9.43. The molecule has 1 aliphatic heterocycles. The van der Waals surface area contributed by atoms with E-state index in [-0.39, 0.29) is 5.92 Å². The molecule has 0 spiro atoms. The Labute approximate surface area is 121 Å². The van der Waals surface area contributed by atoms with Gasteiger partial charge in [-0.1, -0.05) is 6.92 Å². The second-order valence-electron chi connectivity index (χ2n) is 6.61. The van der Waals surface area contributed by atoms with Gasteiger partial charge >= 0.3 is 5.97 Å². The first-order valence-corrected chi connectivity index (χ1v) is 7.81. The van der Waals surface area contributed by atoms with E-state index in [0.717, 1.165) is 26.1 Å². The highest BCUT2D eigenvalue weighted by molar-refractivity contribution is 5.70. The third kappa shape index (κ3) is 3.71. The van der Waals surface area contributed by atoms with Gasteiger partial charge in [-0.2, -0.15) is 0 Å². The summed E-state index contributed by atoms with van der Waals surface area (Å²) < 4.78 is 0. The molecule has 0 radical (unpaired) electrons. The minimum absolute atomic E-state index is 0.258. The molecular weight excluding hydrogens is 256 g/mol. The fourth-order valence-corrected chi connectivity index (χ4v) is 3.57. The van der Waals surface area contributed by atoms with Crippen molar-refractivity contribution in [1.82, 2.24) is 9.80 Å². The van der Waals surface area contributed by atoms with Gasteiger partial charge in [-0.3, -0.25) is 9.69 Å². The third-order valence-corrected chi connectivity index (χ3v) is 5.12. The number of carbonyl (C=O) groups is 1. The van der Waals surface area contributed by atoms with Crippen LogP contribution in [0, 0.1) is 5.92 Å². The maximum atomic E-state index is 11.0. The molecule has 0 aromatic heterocycles. The number of aliphatic carboxylic acids is 1. The average molecular weight is 284 g/mol. The molecule has 1 aliphatic carbocycles. The smallest absolute Gasteiger partial charge is 0.306 e. The number of rotatable bonds is 4. The molecule has 0 amide bonds. The van der Waals surface area contributed by atoms with E-state index < -0.39 is 11.6 Å². The van der Waals surface area contributed by atoms with Crippen LogP contribution in [0.4, 0.5) is 0 Å². The topological polar surface area (TPSA) is 64.0 Å². The van der Waals surface area contributed by atoms with Crippen molar-refractivity contribution in [3.05, 3.63) is 0 Å². The van der Waals surface area contributed by atoms with Crippen molar-refractivity contribution >= 4 is 5.97 Å². The van der Waals surface area contributed by atoms with E-state index >= 15 is 0 Å². The molecule has 0 bridgehead atoms. The number of hydrogen-bond acceptors (Lipinski definition) is 4. The molecule has 20 heavy (non-hydrogen) atoms. The molecular formula is C15H28N2O3. The van der Waals surface area contributed by atoms with E-state index in [0.29, 0.717) is 38.3 Å². The van der Waals surface area contributed by atoms with E-state index in [2.05, 4.69) is 23.8 Å². The van der Waals surface area contributed by atoms with Gasteiger partial charge in [0.1, 0.15) is 0 Å². The number of β-amino-alcohol motifs (C(OH)–C–C–N with tert-alkyl or cyclic N) is 1. The predicted molar refractivity (Wildman–Crippen MR) is 77.7 cm³/mol. The Bertz CT molecular complexity index is 340. The molecule has 1 saturated carbocycles. The van der Waals surface area contributed by atoms with Crippen molar-refractivity contribution in [1.29, 1.82) is 0 Å². The molecule has 2 fully saturated rings. The second-order valence-corrected chi connectivity index (χ2v) is 6.61. The Morgan fingerprint density at radius 3 is 2.50 bits per heavy atom. The summed E-state index contributed by atoms with van der Waals surface area (Å²) in [5.74, 6) is -0.969. The SMILES string of the molecule is CCC1CN(CC2(O)CCC(C(=O)O)CC2)CCN1C. The number of aliphatic hydroxyl groups is 1. The summed E-state index contributed by atoms with van der Waals surface area (Å²) in [5, 5.41) is 19.7. The van der Waals surface area contributed by atoms with E-state index in [1.807, 2.05) is 0 Å². The van der Waals surface area contributed by atoms with Crippen molar-refractivity contribution in [2.24, 2.45) is 5.92 Å². The summed E-state index contributed by atoms with van der Waals surface area (Å²) in [6.07, 6.45) is 3.58. The Morgan fingerprint density at radius 1 is 1.30 bits per heavy atom. The first-order valence-electron chi connectivity index (χ1n) is 7.81. The van der Waals surface area contributed by atoms with E-state index in [4.69, 9.17) is 5.11 Å². The van der Waals surface area contributed by atoms with E-state index in [1.54, 1.807) is 0 Å². The Hall–Kier alpha value is -0.650. The monoisotopic (exact) mass is 284 g/mol. The van der Waals surface area contributed by atoms with Crippen LogP contribution in [-0.2, 0) is 4.79 Å². The molecule has 5 heteroatoms. The number of hydrogen-bond donors (Lipinski definition) is 2. The zero-order valence-electron chi connectivity index (χ0n) is 12.7. The van der Waals surface area contributed by atoms with Gasteiger partial charge in [0.15, 0.2) is 0 Å². The minimum Gasteiger partial charge on any atom is -0.481 e. The Kier molecular flexibility index (Phi) is 5.04. The summed E-state index contributed by atoms with van der Waals surface area (Å²) in [6.45, 7) is 5.96. The third-order valence-electron chi connectivity index (χ3n) is 5.12. The fraction of sp³-hybridized carbons (Fsp3) is 0.933. The van der Waals surface area contributed by atoms with Crippen molar-refractivity contribution in [2.45, 2.75) is 50.7 Å².